The topological polar surface area (TPSA) is 65.4 Å². The number of carbonyl (C=O) groups is 1. The minimum Gasteiger partial charge on any atom is -0.491 e. The van der Waals surface area contributed by atoms with Crippen LogP contribution >= 0.6 is 11.6 Å². The molecule has 1 aromatic heterocycles. The fraction of sp³-hybridized carbons (Fsp3) is 0.444. The molecular weight excluding hydrogens is 342 g/mol. The molecule has 0 spiro atoms. The van der Waals surface area contributed by atoms with Crippen molar-refractivity contribution in [3.05, 3.63) is 40.5 Å². The van der Waals surface area contributed by atoms with E-state index in [1.54, 1.807) is 16.8 Å². The van der Waals surface area contributed by atoms with Crippen LogP contribution < -0.4 is 14.8 Å². The summed E-state index contributed by atoms with van der Waals surface area (Å²) in [6.07, 6.45) is 1.54. The molecule has 0 unspecified atom stereocenters. The van der Waals surface area contributed by atoms with E-state index in [0.717, 1.165) is 24.3 Å². The summed E-state index contributed by atoms with van der Waals surface area (Å²) in [6.45, 7) is 5.24. The highest BCUT2D eigenvalue weighted by molar-refractivity contribution is 6.30. The first-order valence-corrected chi connectivity index (χ1v) is 8.76. The van der Waals surface area contributed by atoms with Crippen molar-refractivity contribution in [1.29, 1.82) is 0 Å². The summed E-state index contributed by atoms with van der Waals surface area (Å²) < 4.78 is 13.3. The van der Waals surface area contributed by atoms with Crippen LogP contribution in [0.1, 0.15) is 36.3 Å². The molecule has 1 aromatic carbocycles. The zero-order valence-electron chi connectivity index (χ0n) is 14.2. The molecule has 0 bridgehead atoms. The number of halogens is 1. The van der Waals surface area contributed by atoms with Crippen LogP contribution in [0.15, 0.2) is 24.3 Å². The summed E-state index contributed by atoms with van der Waals surface area (Å²) in [5.41, 5.74) is 1.13. The van der Waals surface area contributed by atoms with Crippen molar-refractivity contribution in [2.75, 3.05) is 6.61 Å². The number of nitrogens with one attached hydrogen (secondary N) is 1. The number of carbonyl (C=O) groups excluding carboxylic acids is 1. The number of aromatic nitrogens is 2. The number of rotatable bonds is 2. The van der Waals surface area contributed by atoms with Crippen LogP contribution in [-0.4, -0.2) is 33.9 Å². The van der Waals surface area contributed by atoms with Gasteiger partial charge < -0.3 is 14.8 Å². The first-order valence-electron chi connectivity index (χ1n) is 8.39. The van der Waals surface area contributed by atoms with Gasteiger partial charge >= 0.3 is 0 Å². The molecule has 4 rings (SSSR count). The van der Waals surface area contributed by atoms with Gasteiger partial charge in [-0.2, -0.15) is 5.10 Å². The minimum absolute atomic E-state index is 0.116. The Morgan fingerprint density at radius 1 is 1.40 bits per heavy atom. The van der Waals surface area contributed by atoms with Gasteiger partial charge in [0.2, 0.25) is 5.88 Å². The third-order valence-corrected chi connectivity index (χ3v) is 4.78. The van der Waals surface area contributed by atoms with E-state index in [1.807, 2.05) is 26.0 Å². The summed E-state index contributed by atoms with van der Waals surface area (Å²) in [4.78, 5) is 12.5. The third kappa shape index (κ3) is 3.31. The lowest BCUT2D eigenvalue weighted by Crippen LogP contribution is -2.42. The van der Waals surface area contributed by atoms with Gasteiger partial charge in [0.1, 0.15) is 18.0 Å². The molecule has 0 saturated carbocycles. The number of benzene rings is 1. The molecule has 2 aliphatic rings. The molecular formula is C18H20ClN3O3. The normalized spacial score (nSPS) is 20.7. The van der Waals surface area contributed by atoms with E-state index in [1.165, 1.54) is 0 Å². The molecule has 6 nitrogen and oxygen atoms in total. The van der Waals surface area contributed by atoms with Crippen LogP contribution in [0.25, 0.3) is 0 Å². The fourth-order valence-corrected chi connectivity index (χ4v) is 3.37. The standard InChI is InChI=1S/C18H20ClN3O3/c1-18(2)5-6-22-16(25-18)9-14(21-22)17(23)20-13-8-11-7-12(19)3-4-15(11)24-10-13/h3-4,7,9,13H,5-6,8,10H2,1-2H3,(H,20,23)/t13-/m1/s1. The van der Waals surface area contributed by atoms with Crippen LogP contribution in [0.4, 0.5) is 0 Å². The first kappa shape index (κ1) is 16.3. The lowest BCUT2D eigenvalue weighted by atomic mass is 10.0. The Morgan fingerprint density at radius 3 is 3.08 bits per heavy atom. The predicted molar refractivity (Wildman–Crippen MR) is 93.5 cm³/mol. The van der Waals surface area contributed by atoms with Crippen molar-refractivity contribution >= 4 is 17.5 Å². The average molecular weight is 362 g/mol. The van der Waals surface area contributed by atoms with Crippen molar-refractivity contribution in [3.63, 3.8) is 0 Å². The Bertz CT molecular complexity index is 831. The molecule has 0 radical (unpaired) electrons. The summed E-state index contributed by atoms with van der Waals surface area (Å²) in [6, 6.07) is 7.12. The van der Waals surface area contributed by atoms with E-state index in [9.17, 15) is 4.79 Å². The quantitative estimate of drug-likeness (QED) is 0.893. The first-order chi connectivity index (χ1) is 11.9. The zero-order chi connectivity index (χ0) is 17.6. The second-order valence-corrected chi connectivity index (χ2v) is 7.58. The largest absolute Gasteiger partial charge is 0.491 e. The van der Waals surface area contributed by atoms with Crippen LogP contribution in [-0.2, 0) is 13.0 Å². The Labute approximate surface area is 151 Å². The number of fused-ring (bicyclic) bond motifs is 2. The van der Waals surface area contributed by atoms with Crippen molar-refractivity contribution in [1.82, 2.24) is 15.1 Å². The van der Waals surface area contributed by atoms with Crippen LogP contribution in [0.2, 0.25) is 5.02 Å². The van der Waals surface area contributed by atoms with E-state index in [0.29, 0.717) is 29.6 Å². The maximum atomic E-state index is 12.5. The van der Waals surface area contributed by atoms with Gasteiger partial charge in [-0.15, -0.1) is 0 Å². The van der Waals surface area contributed by atoms with Gasteiger partial charge in [0.05, 0.1) is 6.04 Å². The number of hydrogen-bond donors (Lipinski definition) is 1. The summed E-state index contributed by atoms with van der Waals surface area (Å²) >= 11 is 6.04. The highest BCUT2D eigenvalue weighted by Crippen LogP contribution is 2.29. The van der Waals surface area contributed by atoms with Gasteiger partial charge in [-0.05, 0) is 44.0 Å². The van der Waals surface area contributed by atoms with E-state index >= 15 is 0 Å². The van der Waals surface area contributed by atoms with E-state index in [2.05, 4.69) is 10.4 Å². The molecule has 1 atom stereocenters. The summed E-state index contributed by atoms with van der Waals surface area (Å²) in [5, 5.41) is 8.01. The molecule has 25 heavy (non-hydrogen) atoms. The number of aryl methyl sites for hydroxylation is 1. The molecule has 1 N–H and O–H groups in total. The number of hydrogen-bond acceptors (Lipinski definition) is 4. The van der Waals surface area contributed by atoms with Gasteiger partial charge in [0, 0.05) is 24.1 Å². The molecule has 0 saturated heterocycles. The lowest BCUT2D eigenvalue weighted by Gasteiger charge is -2.30. The molecule has 3 heterocycles. The molecule has 132 valence electrons. The zero-order valence-corrected chi connectivity index (χ0v) is 15.0. The maximum absolute atomic E-state index is 12.5. The smallest absolute Gasteiger partial charge is 0.272 e. The Morgan fingerprint density at radius 2 is 2.24 bits per heavy atom. The fourth-order valence-electron chi connectivity index (χ4n) is 3.18. The number of nitrogens with zero attached hydrogens (tertiary/aromatic N) is 2. The summed E-state index contributed by atoms with van der Waals surface area (Å²) in [7, 11) is 0. The molecule has 0 aliphatic carbocycles. The van der Waals surface area contributed by atoms with Crippen molar-refractivity contribution in [3.8, 4) is 11.6 Å². The highest BCUT2D eigenvalue weighted by Gasteiger charge is 2.30. The van der Waals surface area contributed by atoms with E-state index in [4.69, 9.17) is 21.1 Å². The molecule has 0 fully saturated rings. The number of ether oxygens (including phenoxy) is 2. The maximum Gasteiger partial charge on any atom is 0.272 e. The van der Waals surface area contributed by atoms with Crippen LogP contribution in [0.5, 0.6) is 11.6 Å². The van der Waals surface area contributed by atoms with Gasteiger partial charge in [-0.3, -0.25) is 4.79 Å². The van der Waals surface area contributed by atoms with Gasteiger partial charge in [0.25, 0.3) is 5.91 Å². The molecule has 2 aromatic rings. The average Bonchev–Trinajstić information content (AvgIpc) is 2.96. The van der Waals surface area contributed by atoms with Crippen molar-refractivity contribution in [2.24, 2.45) is 0 Å². The van der Waals surface area contributed by atoms with Gasteiger partial charge in [-0.25, -0.2) is 4.68 Å². The predicted octanol–water partition coefficient (Wildman–Crippen LogP) is 2.83. The Balaban J connectivity index is 1.46. The molecule has 7 heteroatoms. The lowest BCUT2D eigenvalue weighted by molar-refractivity contribution is 0.0535. The van der Waals surface area contributed by atoms with E-state index in [-0.39, 0.29) is 17.6 Å². The van der Waals surface area contributed by atoms with E-state index < -0.39 is 0 Å². The Kier molecular flexibility index (Phi) is 3.87. The minimum atomic E-state index is -0.232. The SMILES string of the molecule is CC1(C)CCn2nc(C(=O)N[C@H]3COc4ccc(Cl)cc4C3)cc2O1. The van der Waals surface area contributed by atoms with Gasteiger partial charge in [-0.1, -0.05) is 11.6 Å². The van der Waals surface area contributed by atoms with Crippen molar-refractivity contribution < 1.29 is 14.3 Å². The monoisotopic (exact) mass is 361 g/mol. The third-order valence-electron chi connectivity index (χ3n) is 4.55. The molecule has 1 amide bonds. The summed E-state index contributed by atoms with van der Waals surface area (Å²) in [5.74, 6) is 1.24. The van der Waals surface area contributed by atoms with Crippen molar-refractivity contribution in [2.45, 2.75) is 44.9 Å². The highest BCUT2D eigenvalue weighted by atomic mass is 35.5. The van der Waals surface area contributed by atoms with Crippen LogP contribution in [0, 0.1) is 0 Å². The number of amides is 1. The van der Waals surface area contributed by atoms with Gasteiger partial charge in [0.15, 0.2) is 5.69 Å². The molecule has 2 aliphatic heterocycles. The van der Waals surface area contributed by atoms with Crippen LogP contribution in [0.3, 0.4) is 0 Å². The second kappa shape index (κ2) is 5.95. The Hall–Kier alpha value is -2.21. The second-order valence-electron chi connectivity index (χ2n) is 7.14.